The molecule has 0 aliphatic carbocycles. The zero-order chi connectivity index (χ0) is 24.5. The molecule has 182 valence electrons. The summed E-state index contributed by atoms with van der Waals surface area (Å²) in [7, 11) is 3.26. The lowest BCUT2D eigenvalue weighted by Crippen LogP contribution is -2.17. The maximum atomic E-state index is 13.3. The summed E-state index contributed by atoms with van der Waals surface area (Å²) < 4.78 is 36.6. The van der Waals surface area contributed by atoms with Gasteiger partial charge in [0, 0.05) is 16.6 Å². The smallest absolute Gasteiger partial charge is 0.162 e. The summed E-state index contributed by atoms with van der Waals surface area (Å²) in [4.78, 5) is 0. The number of hydrogen-bond acceptors (Lipinski definition) is 5. The number of rotatable bonds is 12. The first-order valence-corrected chi connectivity index (χ1v) is 12.1. The van der Waals surface area contributed by atoms with Crippen LogP contribution in [0.4, 0.5) is 4.39 Å². The summed E-state index contributed by atoms with van der Waals surface area (Å²) in [6, 6.07) is 14.0. The van der Waals surface area contributed by atoms with Gasteiger partial charge in [-0.25, -0.2) is 4.39 Å². The molecular formula is C26H28BrClFNO4. The first kappa shape index (κ1) is 26.1. The maximum Gasteiger partial charge on any atom is 0.162 e. The van der Waals surface area contributed by atoms with Crippen molar-refractivity contribution in [3.63, 3.8) is 0 Å². The van der Waals surface area contributed by atoms with Gasteiger partial charge in [0.15, 0.2) is 23.0 Å². The Morgan fingerprint density at radius 1 is 0.882 bits per heavy atom. The molecule has 0 aliphatic heterocycles. The number of hydrogen-bond donors (Lipinski definition) is 1. The van der Waals surface area contributed by atoms with Crippen LogP contribution in [0.2, 0.25) is 5.02 Å². The number of halogens is 3. The highest BCUT2D eigenvalue weighted by atomic mass is 79.9. The first-order valence-electron chi connectivity index (χ1n) is 10.9. The molecule has 0 aromatic heterocycles. The number of ether oxygens (including phenoxy) is 4. The molecule has 5 nitrogen and oxygen atoms in total. The van der Waals surface area contributed by atoms with Gasteiger partial charge in [0.05, 0.1) is 25.8 Å². The molecule has 0 heterocycles. The van der Waals surface area contributed by atoms with Crippen molar-refractivity contribution in [2.24, 2.45) is 0 Å². The van der Waals surface area contributed by atoms with Crippen molar-refractivity contribution in [3.8, 4) is 23.0 Å². The second-order valence-electron chi connectivity index (χ2n) is 7.46. The highest BCUT2D eigenvalue weighted by molar-refractivity contribution is 9.10. The maximum absolute atomic E-state index is 13.3. The van der Waals surface area contributed by atoms with Crippen LogP contribution in [0.3, 0.4) is 0 Å². The largest absolute Gasteiger partial charge is 0.493 e. The van der Waals surface area contributed by atoms with E-state index in [0.29, 0.717) is 35.2 Å². The third kappa shape index (κ3) is 7.01. The molecule has 3 rings (SSSR count). The van der Waals surface area contributed by atoms with E-state index in [1.54, 1.807) is 20.3 Å². The van der Waals surface area contributed by atoms with Crippen LogP contribution >= 0.6 is 27.5 Å². The Hall–Kier alpha value is -2.48. The summed E-state index contributed by atoms with van der Waals surface area (Å²) in [5, 5.41) is 3.79. The fourth-order valence-electron chi connectivity index (χ4n) is 3.38. The van der Waals surface area contributed by atoms with Gasteiger partial charge in [-0.2, -0.15) is 0 Å². The zero-order valence-electron chi connectivity index (χ0n) is 19.4. The third-order valence-electron chi connectivity index (χ3n) is 5.16. The molecule has 0 aliphatic rings. The van der Waals surface area contributed by atoms with Gasteiger partial charge in [0.1, 0.15) is 12.4 Å². The van der Waals surface area contributed by atoms with Crippen LogP contribution in [0.25, 0.3) is 0 Å². The van der Waals surface area contributed by atoms with Gasteiger partial charge in [-0.15, -0.1) is 0 Å². The number of methoxy groups -OCH3 is 2. The van der Waals surface area contributed by atoms with Crippen molar-refractivity contribution in [3.05, 3.63) is 80.5 Å². The Morgan fingerprint density at radius 2 is 1.65 bits per heavy atom. The van der Waals surface area contributed by atoms with Crippen molar-refractivity contribution in [1.29, 1.82) is 0 Å². The molecule has 0 fully saturated rings. The van der Waals surface area contributed by atoms with E-state index in [-0.39, 0.29) is 12.4 Å². The Labute approximate surface area is 213 Å². The molecule has 0 atom stereocenters. The van der Waals surface area contributed by atoms with Crippen LogP contribution in [0, 0.1) is 5.82 Å². The Morgan fingerprint density at radius 3 is 2.35 bits per heavy atom. The van der Waals surface area contributed by atoms with Crippen molar-refractivity contribution in [2.75, 3.05) is 27.4 Å². The molecule has 0 amide bonds. The SMILES string of the molecule is CCOc1cc(CNCCc2ccc(OC)c(OC)c2)c(Br)cc1OCc1ccc(F)cc1Cl. The lowest BCUT2D eigenvalue weighted by atomic mass is 10.1. The lowest BCUT2D eigenvalue weighted by Gasteiger charge is -2.16. The molecule has 1 N–H and O–H groups in total. The van der Waals surface area contributed by atoms with Gasteiger partial charge < -0.3 is 24.3 Å². The minimum absolute atomic E-state index is 0.203. The lowest BCUT2D eigenvalue weighted by molar-refractivity contribution is 0.269. The third-order valence-corrected chi connectivity index (χ3v) is 6.25. The van der Waals surface area contributed by atoms with E-state index in [4.69, 9.17) is 30.5 Å². The van der Waals surface area contributed by atoms with Crippen LogP contribution in [-0.2, 0) is 19.6 Å². The minimum atomic E-state index is -0.380. The van der Waals surface area contributed by atoms with E-state index in [1.807, 2.05) is 37.3 Å². The predicted octanol–water partition coefficient (Wildman–Crippen LogP) is 6.57. The minimum Gasteiger partial charge on any atom is -0.493 e. The van der Waals surface area contributed by atoms with E-state index in [2.05, 4.69) is 21.2 Å². The average Bonchev–Trinajstić information content (AvgIpc) is 2.83. The molecule has 0 bridgehead atoms. The van der Waals surface area contributed by atoms with Crippen molar-refractivity contribution in [2.45, 2.75) is 26.5 Å². The van der Waals surface area contributed by atoms with Gasteiger partial charge in [-0.3, -0.25) is 0 Å². The van der Waals surface area contributed by atoms with E-state index < -0.39 is 0 Å². The fourth-order valence-corrected chi connectivity index (χ4v) is 4.06. The summed E-state index contributed by atoms with van der Waals surface area (Å²) >= 11 is 9.75. The molecule has 0 spiro atoms. The van der Waals surface area contributed by atoms with E-state index in [9.17, 15) is 4.39 Å². The molecule has 0 unspecified atom stereocenters. The fraction of sp³-hybridized carbons (Fsp3) is 0.308. The Balaban J connectivity index is 1.62. The van der Waals surface area contributed by atoms with Crippen molar-refractivity contribution >= 4 is 27.5 Å². The van der Waals surface area contributed by atoms with E-state index >= 15 is 0 Å². The van der Waals surface area contributed by atoms with Gasteiger partial charge >= 0.3 is 0 Å². The molecule has 0 saturated carbocycles. The molecule has 3 aromatic carbocycles. The molecule has 3 aromatic rings. The van der Waals surface area contributed by atoms with Gasteiger partial charge in [0.2, 0.25) is 0 Å². The van der Waals surface area contributed by atoms with E-state index in [0.717, 1.165) is 40.1 Å². The molecule has 0 saturated heterocycles. The molecule has 0 radical (unpaired) electrons. The summed E-state index contributed by atoms with van der Waals surface area (Å²) in [5.41, 5.74) is 2.90. The molecule has 34 heavy (non-hydrogen) atoms. The van der Waals surface area contributed by atoms with E-state index in [1.165, 1.54) is 12.1 Å². The monoisotopic (exact) mass is 551 g/mol. The van der Waals surface area contributed by atoms with Crippen LogP contribution in [0.1, 0.15) is 23.6 Å². The first-order chi connectivity index (χ1) is 16.4. The van der Waals surface area contributed by atoms with Crippen molar-refractivity contribution < 1.29 is 23.3 Å². The van der Waals surface area contributed by atoms with Crippen molar-refractivity contribution in [1.82, 2.24) is 5.32 Å². The van der Waals surface area contributed by atoms with Crippen LogP contribution in [0.15, 0.2) is 53.0 Å². The second-order valence-corrected chi connectivity index (χ2v) is 8.73. The highest BCUT2D eigenvalue weighted by Crippen LogP contribution is 2.35. The highest BCUT2D eigenvalue weighted by Gasteiger charge is 2.13. The van der Waals surface area contributed by atoms with Gasteiger partial charge in [0.25, 0.3) is 0 Å². The second kappa shape index (κ2) is 12.8. The predicted molar refractivity (Wildman–Crippen MR) is 136 cm³/mol. The molecule has 8 heteroatoms. The van der Waals surface area contributed by atoms with Crippen LogP contribution in [-0.4, -0.2) is 27.4 Å². The number of benzene rings is 3. The van der Waals surface area contributed by atoms with Gasteiger partial charge in [-0.1, -0.05) is 39.7 Å². The normalized spacial score (nSPS) is 10.8. The summed E-state index contributed by atoms with van der Waals surface area (Å²) in [5.74, 6) is 2.29. The van der Waals surface area contributed by atoms with Crippen LogP contribution in [0.5, 0.6) is 23.0 Å². The van der Waals surface area contributed by atoms with Crippen LogP contribution < -0.4 is 24.3 Å². The Kier molecular flexibility index (Phi) is 9.86. The topological polar surface area (TPSA) is 49.0 Å². The molecular weight excluding hydrogens is 525 g/mol. The summed E-state index contributed by atoms with van der Waals surface area (Å²) in [6.45, 7) is 4.06. The average molecular weight is 553 g/mol. The Bertz CT molecular complexity index is 1110. The van der Waals surface area contributed by atoms with Gasteiger partial charge in [-0.05, 0) is 67.4 Å². The zero-order valence-corrected chi connectivity index (χ0v) is 21.8. The number of nitrogens with one attached hydrogen (secondary N) is 1. The quantitative estimate of drug-likeness (QED) is 0.258. The summed E-state index contributed by atoms with van der Waals surface area (Å²) in [6.07, 6.45) is 0.843. The standard InChI is InChI=1S/C26H28BrClFNO4/c1-4-33-25-12-19(15-30-10-9-17-5-8-23(31-2)24(11-17)32-3)21(27)14-26(25)34-16-18-6-7-20(29)13-22(18)28/h5-8,11-14,30H,4,9-10,15-16H2,1-3H3.